The summed E-state index contributed by atoms with van der Waals surface area (Å²) in [6.07, 6.45) is 2.47. The molecular weight excluding hydrogens is 229 g/mol. The Bertz CT molecular complexity index is 531. The first-order valence-corrected chi connectivity index (χ1v) is 6.45. The number of nitrogens with one attached hydrogen (secondary N) is 1. The minimum Gasteiger partial charge on any atom is -0.464 e. The molecule has 0 fully saturated rings. The molecule has 2 aromatic rings. The summed E-state index contributed by atoms with van der Waals surface area (Å²) < 4.78 is 19.3. The lowest BCUT2D eigenvalue weighted by Crippen LogP contribution is -2.22. The number of hydrogen-bond donors (Lipinski definition) is 1. The van der Waals surface area contributed by atoms with Gasteiger partial charge in [-0.3, -0.25) is 0 Å². The van der Waals surface area contributed by atoms with Crippen LogP contribution in [0.15, 0.2) is 22.8 Å². The fourth-order valence-electron chi connectivity index (χ4n) is 2.10. The topological polar surface area (TPSA) is 25.2 Å². The van der Waals surface area contributed by atoms with Crippen molar-refractivity contribution in [2.24, 2.45) is 5.92 Å². The Morgan fingerprint density at radius 2 is 2.11 bits per heavy atom. The molecule has 0 unspecified atom stereocenters. The lowest BCUT2D eigenvalue weighted by molar-refractivity contribution is 0.551. The van der Waals surface area contributed by atoms with Gasteiger partial charge < -0.3 is 9.73 Å². The van der Waals surface area contributed by atoms with Crippen LogP contribution in [0.3, 0.4) is 0 Å². The zero-order valence-corrected chi connectivity index (χ0v) is 11.2. The van der Waals surface area contributed by atoms with Crippen LogP contribution in [0.4, 0.5) is 4.39 Å². The van der Waals surface area contributed by atoms with Crippen LogP contribution < -0.4 is 5.32 Å². The van der Waals surface area contributed by atoms with E-state index in [4.69, 9.17) is 4.42 Å². The summed E-state index contributed by atoms with van der Waals surface area (Å²) in [5.74, 6) is 0.438. The van der Waals surface area contributed by atoms with Crippen molar-refractivity contribution in [3.8, 4) is 0 Å². The maximum Gasteiger partial charge on any atom is 0.139 e. The molecule has 3 heteroatoms. The SMILES string of the molecule is Cc1ccc(F)c2c(CCNCC(C)C)coc12. The summed E-state index contributed by atoms with van der Waals surface area (Å²) >= 11 is 0. The van der Waals surface area contributed by atoms with Crippen LogP contribution >= 0.6 is 0 Å². The molecule has 0 aliphatic rings. The Hall–Kier alpha value is -1.35. The van der Waals surface area contributed by atoms with Gasteiger partial charge in [0.25, 0.3) is 0 Å². The molecule has 98 valence electrons. The molecule has 18 heavy (non-hydrogen) atoms. The van der Waals surface area contributed by atoms with Crippen molar-refractivity contribution in [1.82, 2.24) is 5.32 Å². The van der Waals surface area contributed by atoms with E-state index in [0.717, 1.165) is 30.6 Å². The molecule has 1 aromatic heterocycles. The van der Waals surface area contributed by atoms with Crippen molar-refractivity contribution >= 4 is 11.0 Å². The lowest BCUT2D eigenvalue weighted by atomic mass is 10.1. The van der Waals surface area contributed by atoms with Gasteiger partial charge in [-0.1, -0.05) is 19.9 Å². The standard InChI is InChI=1S/C15H20FNO/c1-10(2)8-17-7-6-12-9-18-15-11(3)4-5-13(16)14(12)15/h4-5,9-10,17H,6-8H2,1-3H3. The van der Waals surface area contributed by atoms with Gasteiger partial charge in [-0.15, -0.1) is 0 Å². The second-order valence-corrected chi connectivity index (χ2v) is 5.18. The van der Waals surface area contributed by atoms with Gasteiger partial charge in [0.1, 0.15) is 11.4 Å². The van der Waals surface area contributed by atoms with E-state index in [9.17, 15) is 4.39 Å². The van der Waals surface area contributed by atoms with Gasteiger partial charge in [-0.2, -0.15) is 0 Å². The highest BCUT2D eigenvalue weighted by Crippen LogP contribution is 2.27. The molecular formula is C15H20FNO. The molecule has 0 saturated carbocycles. The van der Waals surface area contributed by atoms with E-state index < -0.39 is 0 Å². The van der Waals surface area contributed by atoms with Gasteiger partial charge in [0.15, 0.2) is 0 Å². The molecule has 0 aliphatic carbocycles. The monoisotopic (exact) mass is 249 g/mol. The largest absolute Gasteiger partial charge is 0.464 e. The maximum absolute atomic E-state index is 13.8. The van der Waals surface area contributed by atoms with Gasteiger partial charge in [0.2, 0.25) is 0 Å². The van der Waals surface area contributed by atoms with Crippen LogP contribution in [-0.2, 0) is 6.42 Å². The molecule has 1 aromatic carbocycles. The van der Waals surface area contributed by atoms with E-state index >= 15 is 0 Å². The average Bonchev–Trinajstić information content (AvgIpc) is 2.74. The van der Waals surface area contributed by atoms with E-state index in [1.807, 2.05) is 6.92 Å². The Balaban J connectivity index is 2.12. The van der Waals surface area contributed by atoms with Crippen molar-refractivity contribution in [2.75, 3.05) is 13.1 Å². The molecule has 1 heterocycles. The van der Waals surface area contributed by atoms with Crippen LogP contribution in [0.25, 0.3) is 11.0 Å². The fourth-order valence-corrected chi connectivity index (χ4v) is 2.10. The second-order valence-electron chi connectivity index (χ2n) is 5.18. The zero-order chi connectivity index (χ0) is 13.1. The summed E-state index contributed by atoms with van der Waals surface area (Å²) in [6.45, 7) is 8.11. The first-order chi connectivity index (χ1) is 8.59. The quantitative estimate of drug-likeness (QED) is 0.818. The summed E-state index contributed by atoms with van der Waals surface area (Å²) in [5, 5.41) is 4.00. The number of furan rings is 1. The molecule has 0 amide bonds. The van der Waals surface area contributed by atoms with Crippen molar-refractivity contribution in [2.45, 2.75) is 27.2 Å². The number of aryl methyl sites for hydroxylation is 1. The third kappa shape index (κ3) is 2.72. The Kier molecular flexibility index (Phi) is 4.02. The number of fused-ring (bicyclic) bond motifs is 1. The van der Waals surface area contributed by atoms with Gasteiger partial charge in [0, 0.05) is 5.56 Å². The number of halogens is 1. The highest BCUT2D eigenvalue weighted by atomic mass is 19.1. The molecule has 0 radical (unpaired) electrons. The number of benzene rings is 1. The van der Waals surface area contributed by atoms with Crippen molar-refractivity contribution in [1.29, 1.82) is 0 Å². The van der Waals surface area contributed by atoms with Gasteiger partial charge in [0.05, 0.1) is 11.6 Å². The lowest BCUT2D eigenvalue weighted by Gasteiger charge is -2.06. The summed E-state index contributed by atoms with van der Waals surface area (Å²) in [6, 6.07) is 3.26. The number of rotatable bonds is 5. The van der Waals surface area contributed by atoms with Gasteiger partial charge >= 0.3 is 0 Å². The fraction of sp³-hybridized carbons (Fsp3) is 0.467. The Morgan fingerprint density at radius 3 is 2.83 bits per heavy atom. The van der Waals surface area contributed by atoms with E-state index in [0.29, 0.717) is 16.9 Å². The van der Waals surface area contributed by atoms with E-state index in [2.05, 4.69) is 19.2 Å². The third-order valence-electron chi connectivity index (χ3n) is 3.07. The zero-order valence-electron chi connectivity index (χ0n) is 11.2. The molecule has 0 saturated heterocycles. The summed E-state index contributed by atoms with van der Waals surface area (Å²) in [4.78, 5) is 0. The Morgan fingerprint density at radius 1 is 1.33 bits per heavy atom. The average molecular weight is 249 g/mol. The van der Waals surface area contributed by atoms with Crippen LogP contribution in [-0.4, -0.2) is 13.1 Å². The van der Waals surface area contributed by atoms with E-state index in [1.165, 1.54) is 6.07 Å². The van der Waals surface area contributed by atoms with Crippen LogP contribution in [0.2, 0.25) is 0 Å². The first kappa shape index (κ1) is 13.1. The van der Waals surface area contributed by atoms with E-state index in [-0.39, 0.29) is 5.82 Å². The first-order valence-electron chi connectivity index (χ1n) is 6.45. The minimum atomic E-state index is -0.191. The number of hydrogen-bond acceptors (Lipinski definition) is 2. The summed E-state index contributed by atoms with van der Waals surface area (Å²) in [5.41, 5.74) is 2.60. The van der Waals surface area contributed by atoms with Crippen LogP contribution in [0.5, 0.6) is 0 Å². The molecule has 2 nitrogen and oxygen atoms in total. The van der Waals surface area contributed by atoms with Crippen LogP contribution in [0.1, 0.15) is 25.0 Å². The van der Waals surface area contributed by atoms with Gasteiger partial charge in [-0.25, -0.2) is 4.39 Å². The van der Waals surface area contributed by atoms with Crippen molar-refractivity contribution < 1.29 is 8.81 Å². The molecule has 1 N–H and O–H groups in total. The third-order valence-corrected chi connectivity index (χ3v) is 3.07. The molecule has 0 bridgehead atoms. The summed E-state index contributed by atoms with van der Waals surface area (Å²) in [7, 11) is 0. The van der Waals surface area contributed by atoms with Crippen molar-refractivity contribution in [3.63, 3.8) is 0 Å². The second kappa shape index (κ2) is 5.53. The predicted molar refractivity (Wildman–Crippen MR) is 72.3 cm³/mol. The molecule has 0 atom stereocenters. The van der Waals surface area contributed by atoms with E-state index in [1.54, 1.807) is 12.3 Å². The smallest absolute Gasteiger partial charge is 0.139 e. The maximum atomic E-state index is 13.8. The normalized spacial score (nSPS) is 11.6. The highest BCUT2D eigenvalue weighted by molar-refractivity contribution is 5.84. The van der Waals surface area contributed by atoms with Gasteiger partial charge in [-0.05, 0) is 44.0 Å². The Labute approximate surface area is 107 Å². The van der Waals surface area contributed by atoms with Crippen LogP contribution in [0, 0.1) is 18.7 Å². The van der Waals surface area contributed by atoms with Crippen molar-refractivity contribution in [3.05, 3.63) is 35.3 Å². The molecule has 0 aliphatic heterocycles. The molecule has 0 spiro atoms. The minimum absolute atomic E-state index is 0.191. The highest BCUT2D eigenvalue weighted by Gasteiger charge is 2.12. The predicted octanol–water partition coefficient (Wildman–Crippen LogP) is 3.67. The molecule has 2 rings (SSSR count).